The van der Waals surface area contributed by atoms with Crippen molar-refractivity contribution in [2.45, 2.75) is 59.0 Å². The maximum absolute atomic E-state index is 6.02. The van der Waals surface area contributed by atoms with Gasteiger partial charge >= 0.3 is 0 Å². The smallest absolute Gasteiger partial charge is 0.0825 e. The fraction of sp³-hybridized carbons (Fsp3) is 0.435. The SMILES string of the molecule is Cc1cc(-c2[nH]c3ccc(C4CCCCO4)cc3c2C(C)C)cc(C)n1. The van der Waals surface area contributed by atoms with Crippen LogP contribution in [0.2, 0.25) is 0 Å². The number of nitrogens with zero attached hydrogens (tertiary/aromatic N) is 1. The Kier molecular flexibility index (Phi) is 4.58. The third-order valence-electron chi connectivity index (χ3n) is 5.36. The molecule has 0 spiro atoms. The van der Waals surface area contributed by atoms with Gasteiger partial charge in [-0.05, 0) is 74.4 Å². The summed E-state index contributed by atoms with van der Waals surface area (Å²) in [5.41, 5.74) is 8.48. The van der Waals surface area contributed by atoms with E-state index in [1.165, 1.54) is 46.1 Å². The van der Waals surface area contributed by atoms with Crippen LogP contribution < -0.4 is 0 Å². The van der Waals surface area contributed by atoms with Crippen LogP contribution in [0.25, 0.3) is 22.2 Å². The van der Waals surface area contributed by atoms with Gasteiger partial charge in [-0.2, -0.15) is 0 Å². The molecule has 1 aliphatic heterocycles. The number of aromatic nitrogens is 2. The minimum absolute atomic E-state index is 0.247. The normalized spacial score (nSPS) is 18.0. The molecule has 3 nitrogen and oxygen atoms in total. The van der Waals surface area contributed by atoms with Crippen LogP contribution in [-0.4, -0.2) is 16.6 Å². The van der Waals surface area contributed by atoms with Crippen molar-refractivity contribution in [1.29, 1.82) is 0 Å². The number of ether oxygens (including phenoxy) is 1. The highest BCUT2D eigenvalue weighted by Crippen LogP contribution is 2.38. The molecule has 0 bridgehead atoms. The van der Waals surface area contributed by atoms with Gasteiger partial charge in [0.25, 0.3) is 0 Å². The second-order valence-electron chi connectivity index (χ2n) is 7.87. The molecule has 1 saturated heterocycles. The zero-order valence-electron chi connectivity index (χ0n) is 16.2. The van der Waals surface area contributed by atoms with Crippen LogP contribution in [0.1, 0.15) is 67.6 Å². The molecule has 1 N–H and O–H groups in total. The number of aryl methyl sites for hydroxylation is 2. The van der Waals surface area contributed by atoms with Gasteiger partial charge in [-0.15, -0.1) is 0 Å². The lowest BCUT2D eigenvalue weighted by molar-refractivity contribution is 0.0150. The first-order valence-corrected chi connectivity index (χ1v) is 9.75. The molecule has 1 aromatic carbocycles. The molecular weight excluding hydrogens is 320 g/mol. The predicted molar refractivity (Wildman–Crippen MR) is 108 cm³/mol. The molecule has 26 heavy (non-hydrogen) atoms. The van der Waals surface area contributed by atoms with Crippen molar-refractivity contribution in [1.82, 2.24) is 9.97 Å². The van der Waals surface area contributed by atoms with Crippen molar-refractivity contribution in [3.8, 4) is 11.3 Å². The number of pyridine rings is 1. The number of fused-ring (bicyclic) bond motifs is 1. The maximum Gasteiger partial charge on any atom is 0.0825 e. The van der Waals surface area contributed by atoms with E-state index < -0.39 is 0 Å². The molecule has 0 radical (unpaired) electrons. The van der Waals surface area contributed by atoms with Gasteiger partial charge in [-0.3, -0.25) is 4.98 Å². The Balaban J connectivity index is 1.87. The molecule has 0 saturated carbocycles. The summed E-state index contributed by atoms with van der Waals surface area (Å²) in [6.07, 6.45) is 3.82. The average molecular weight is 348 g/mol. The van der Waals surface area contributed by atoms with Crippen LogP contribution in [0.15, 0.2) is 30.3 Å². The van der Waals surface area contributed by atoms with Gasteiger partial charge in [-0.1, -0.05) is 19.9 Å². The Morgan fingerprint density at radius 3 is 2.50 bits per heavy atom. The van der Waals surface area contributed by atoms with Gasteiger partial charge in [0.15, 0.2) is 0 Å². The quantitative estimate of drug-likeness (QED) is 0.611. The average Bonchev–Trinajstić information content (AvgIpc) is 3.00. The Labute approximate surface area is 155 Å². The molecule has 1 aliphatic rings. The Hall–Kier alpha value is -2.13. The molecule has 4 rings (SSSR count). The first-order valence-electron chi connectivity index (χ1n) is 9.75. The van der Waals surface area contributed by atoms with Crippen LogP contribution in [0.3, 0.4) is 0 Å². The molecule has 3 heteroatoms. The van der Waals surface area contributed by atoms with Crippen LogP contribution in [-0.2, 0) is 4.74 Å². The van der Waals surface area contributed by atoms with E-state index in [2.05, 4.69) is 68.0 Å². The molecule has 3 aromatic rings. The van der Waals surface area contributed by atoms with E-state index in [0.29, 0.717) is 5.92 Å². The molecule has 1 unspecified atom stereocenters. The summed E-state index contributed by atoms with van der Waals surface area (Å²) in [6, 6.07) is 11.1. The van der Waals surface area contributed by atoms with Gasteiger partial charge in [0.1, 0.15) is 0 Å². The first-order chi connectivity index (χ1) is 12.5. The number of nitrogens with one attached hydrogen (secondary N) is 1. The van der Waals surface area contributed by atoms with Crippen LogP contribution >= 0.6 is 0 Å². The molecular formula is C23H28N2O. The largest absolute Gasteiger partial charge is 0.374 e. The lowest BCUT2D eigenvalue weighted by Gasteiger charge is -2.23. The van der Waals surface area contributed by atoms with Crippen LogP contribution in [0.5, 0.6) is 0 Å². The zero-order valence-corrected chi connectivity index (χ0v) is 16.2. The van der Waals surface area contributed by atoms with E-state index in [0.717, 1.165) is 24.4 Å². The topological polar surface area (TPSA) is 37.9 Å². The van der Waals surface area contributed by atoms with E-state index in [1.54, 1.807) is 0 Å². The van der Waals surface area contributed by atoms with Gasteiger partial charge in [0.05, 0.1) is 11.8 Å². The highest BCUT2D eigenvalue weighted by Gasteiger charge is 2.20. The Bertz CT molecular complexity index is 913. The summed E-state index contributed by atoms with van der Waals surface area (Å²) >= 11 is 0. The van der Waals surface area contributed by atoms with Crippen molar-refractivity contribution < 1.29 is 4.74 Å². The fourth-order valence-electron chi connectivity index (χ4n) is 4.24. The number of rotatable bonds is 3. The van der Waals surface area contributed by atoms with Crippen molar-refractivity contribution in [3.05, 3.63) is 52.8 Å². The van der Waals surface area contributed by atoms with Crippen molar-refractivity contribution in [2.24, 2.45) is 0 Å². The van der Waals surface area contributed by atoms with Crippen molar-refractivity contribution in [3.63, 3.8) is 0 Å². The molecule has 2 aromatic heterocycles. The van der Waals surface area contributed by atoms with Crippen LogP contribution in [0.4, 0.5) is 0 Å². The molecule has 1 atom stereocenters. The lowest BCUT2D eigenvalue weighted by atomic mass is 9.93. The highest BCUT2D eigenvalue weighted by molar-refractivity contribution is 5.92. The van der Waals surface area contributed by atoms with Crippen LogP contribution in [0, 0.1) is 13.8 Å². The maximum atomic E-state index is 6.02. The van der Waals surface area contributed by atoms with E-state index >= 15 is 0 Å². The molecule has 0 amide bonds. The summed E-state index contributed by atoms with van der Waals surface area (Å²) < 4.78 is 6.02. The van der Waals surface area contributed by atoms with Crippen molar-refractivity contribution in [2.75, 3.05) is 6.61 Å². The highest BCUT2D eigenvalue weighted by atomic mass is 16.5. The van der Waals surface area contributed by atoms with E-state index in [1.807, 2.05) is 0 Å². The Morgan fingerprint density at radius 2 is 1.85 bits per heavy atom. The Morgan fingerprint density at radius 1 is 1.08 bits per heavy atom. The van der Waals surface area contributed by atoms with Gasteiger partial charge in [0.2, 0.25) is 0 Å². The summed E-state index contributed by atoms with van der Waals surface area (Å²) in [4.78, 5) is 8.21. The monoisotopic (exact) mass is 348 g/mol. The third-order valence-corrected chi connectivity index (χ3v) is 5.36. The second kappa shape index (κ2) is 6.88. The zero-order chi connectivity index (χ0) is 18.3. The second-order valence-corrected chi connectivity index (χ2v) is 7.87. The van der Waals surface area contributed by atoms with Crippen molar-refractivity contribution >= 4 is 10.9 Å². The number of benzene rings is 1. The number of hydrogen-bond donors (Lipinski definition) is 1. The minimum atomic E-state index is 0.247. The lowest BCUT2D eigenvalue weighted by Crippen LogP contribution is -2.11. The number of H-pyrrole nitrogens is 1. The molecule has 0 aliphatic carbocycles. The summed E-state index contributed by atoms with van der Waals surface area (Å²) in [7, 11) is 0. The summed E-state index contributed by atoms with van der Waals surface area (Å²) in [6.45, 7) is 9.56. The van der Waals surface area contributed by atoms with E-state index in [9.17, 15) is 0 Å². The first kappa shape index (κ1) is 17.3. The molecule has 136 valence electrons. The van der Waals surface area contributed by atoms with E-state index in [-0.39, 0.29) is 6.10 Å². The van der Waals surface area contributed by atoms with Gasteiger partial charge < -0.3 is 9.72 Å². The van der Waals surface area contributed by atoms with Gasteiger partial charge in [0, 0.05) is 34.5 Å². The standard InChI is InChI=1S/C23H28N2O/c1-14(2)22-19-13-17(21-7-5-6-10-26-21)8-9-20(19)25-23(22)18-11-15(3)24-16(4)12-18/h8-9,11-14,21,25H,5-7,10H2,1-4H3. The number of aromatic amines is 1. The summed E-state index contributed by atoms with van der Waals surface area (Å²) in [5, 5.41) is 1.33. The summed E-state index contributed by atoms with van der Waals surface area (Å²) in [5.74, 6) is 0.440. The van der Waals surface area contributed by atoms with E-state index in [4.69, 9.17) is 4.74 Å². The minimum Gasteiger partial charge on any atom is -0.374 e. The van der Waals surface area contributed by atoms with Gasteiger partial charge in [-0.25, -0.2) is 0 Å². The molecule has 3 heterocycles. The number of hydrogen-bond acceptors (Lipinski definition) is 2. The third kappa shape index (κ3) is 3.16. The fourth-order valence-corrected chi connectivity index (χ4v) is 4.24. The predicted octanol–water partition coefficient (Wildman–Crippen LogP) is 6.21. The molecule has 1 fully saturated rings.